The fourth-order valence-electron chi connectivity index (χ4n) is 2.32. The third-order valence-corrected chi connectivity index (χ3v) is 3.25. The second kappa shape index (κ2) is 5.32. The van der Waals surface area contributed by atoms with Gasteiger partial charge in [0, 0.05) is 12.6 Å². The van der Waals surface area contributed by atoms with E-state index in [0.29, 0.717) is 18.6 Å². The first kappa shape index (κ1) is 13.4. The Morgan fingerprint density at radius 2 is 2.28 bits per heavy atom. The smallest absolute Gasteiger partial charge is 0.165 e. The topological polar surface area (TPSA) is 64.9 Å². The summed E-state index contributed by atoms with van der Waals surface area (Å²) < 4.78 is 7.69. The lowest BCUT2D eigenvalue weighted by atomic mass is 9.94. The molecule has 102 valence electrons. The van der Waals surface area contributed by atoms with Gasteiger partial charge < -0.3 is 10.1 Å². The van der Waals surface area contributed by atoms with Crippen LogP contribution in [0.5, 0.6) is 0 Å². The summed E-state index contributed by atoms with van der Waals surface area (Å²) in [6.07, 6.45) is 1.93. The van der Waals surface area contributed by atoms with Gasteiger partial charge >= 0.3 is 0 Å². The van der Waals surface area contributed by atoms with Gasteiger partial charge in [-0.15, -0.1) is 5.10 Å². The van der Waals surface area contributed by atoms with Crippen molar-refractivity contribution in [3.05, 3.63) is 5.82 Å². The molecule has 0 bridgehead atoms. The van der Waals surface area contributed by atoms with E-state index in [1.807, 2.05) is 4.68 Å². The van der Waals surface area contributed by atoms with E-state index < -0.39 is 0 Å². The zero-order valence-electron chi connectivity index (χ0n) is 11.7. The van der Waals surface area contributed by atoms with Gasteiger partial charge in [0.15, 0.2) is 5.82 Å². The molecule has 0 amide bonds. The van der Waals surface area contributed by atoms with Crippen LogP contribution >= 0.6 is 0 Å². The average molecular weight is 253 g/mol. The molecular formula is C12H23N5O. The highest BCUT2D eigenvalue weighted by atomic mass is 16.5. The molecule has 1 aromatic rings. The largest absolute Gasteiger partial charge is 0.375 e. The number of rotatable bonds is 4. The van der Waals surface area contributed by atoms with E-state index in [9.17, 15) is 0 Å². The van der Waals surface area contributed by atoms with Crippen LogP contribution in [0.4, 0.5) is 0 Å². The number of nitrogens with one attached hydrogen (secondary N) is 1. The number of tetrazole rings is 1. The number of aromatic nitrogens is 4. The van der Waals surface area contributed by atoms with E-state index in [1.54, 1.807) is 0 Å². The highest BCUT2D eigenvalue weighted by Crippen LogP contribution is 2.31. The molecule has 0 saturated carbocycles. The van der Waals surface area contributed by atoms with Gasteiger partial charge in [0.1, 0.15) is 0 Å². The van der Waals surface area contributed by atoms with Gasteiger partial charge in [0.2, 0.25) is 0 Å². The predicted octanol–water partition coefficient (Wildman–Crippen LogP) is 1.30. The van der Waals surface area contributed by atoms with Gasteiger partial charge in [-0.2, -0.15) is 0 Å². The van der Waals surface area contributed by atoms with Crippen molar-refractivity contribution in [2.75, 3.05) is 6.61 Å². The Labute approximate surface area is 108 Å². The molecule has 6 heteroatoms. The minimum absolute atomic E-state index is 0.0857. The standard InChI is InChI=1S/C12H23N5O/c1-9(2)13-8-11-14-15-16-17(11)10-5-6-18-12(3,4)7-10/h9-10,13H,5-8H2,1-4H3. The number of nitrogens with zero attached hydrogens (tertiary/aromatic N) is 4. The summed E-state index contributed by atoms with van der Waals surface area (Å²) in [5.41, 5.74) is -0.0857. The van der Waals surface area contributed by atoms with Crippen molar-refractivity contribution < 1.29 is 4.74 Å². The highest BCUT2D eigenvalue weighted by molar-refractivity contribution is 4.89. The molecule has 1 saturated heterocycles. The lowest BCUT2D eigenvalue weighted by molar-refractivity contribution is -0.0714. The molecule has 1 unspecified atom stereocenters. The molecule has 1 aliphatic rings. The molecule has 1 aromatic heterocycles. The summed E-state index contributed by atoms with van der Waals surface area (Å²) in [6, 6.07) is 0.772. The van der Waals surface area contributed by atoms with E-state index in [1.165, 1.54) is 0 Å². The Bertz CT molecular complexity index is 388. The van der Waals surface area contributed by atoms with Crippen LogP contribution in [0.25, 0.3) is 0 Å². The van der Waals surface area contributed by atoms with Crippen LogP contribution in [0, 0.1) is 0 Å². The van der Waals surface area contributed by atoms with Crippen LogP contribution in [-0.4, -0.2) is 38.5 Å². The third kappa shape index (κ3) is 3.26. The first-order valence-corrected chi connectivity index (χ1v) is 6.62. The zero-order valence-corrected chi connectivity index (χ0v) is 11.7. The maximum Gasteiger partial charge on any atom is 0.165 e. The van der Waals surface area contributed by atoms with Crippen LogP contribution in [0.1, 0.15) is 52.4 Å². The van der Waals surface area contributed by atoms with Crippen molar-refractivity contribution in [3.8, 4) is 0 Å². The van der Waals surface area contributed by atoms with Gasteiger partial charge in [0.25, 0.3) is 0 Å². The van der Waals surface area contributed by atoms with Gasteiger partial charge in [-0.05, 0) is 37.1 Å². The molecule has 0 aliphatic carbocycles. The van der Waals surface area contributed by atoms with Crippen LogP contribution in [0.15, 0.2) is 0 Å². The Kier molecular flexibility index (Phi) is 3.97. The molecule has 6 nitrogen and oxygen atoms in total. The van der Waals surface area contributed by atoms with Crippen LogP contribution in [-0.2, 0) is 11.3 Å². The van der Waals surface area contributed by atoms with Gasteiger partial charge in [-0.3, -0.25) is 0 Å². The molecule has 1 aliphatic heterocycles. The molecule has 1 fully saturated rings. The van der Waals surface area contributed by atoms with Crippen molar-refractivity contribution in [1.82, 2.24) is 25.5 Å². The van der Waals surface area contributed by atoms with Crippen molar-refractivity contribution in [3.63, 3.8) is 0 Å². The maximum atomic E-state index is 5.73. The second-order valence-electron chi connectivity index (χ2n) is 5.83. The van der Waals surface area contributed by atoms with Crippen molar-refractivity contribution in [1.29, 1.82) is 0 Å². The van der Waals surface area contributed by atoms with Gasteiger partial charge in [-0.1, -0.05) is 13.8 Å². The summed E-state index contributed by atoms with van der Waals surface area (Å²) in [4.78, 5) is 0. The fraction of sp³-hybridized carbons (Fsp3) is 0.917. The molecule has 1 atom stereocenters. The molecule has 0 spiro atoms. The summed E-state index contributed by atoms with van der Waals surface area (Å²) in [5.74, 6) is 0.909. The Morgan fingerprint density at radius 1 is 1.50 bits per heavy atom. The molecule has 2 rings (SSSR count). The number of hydrogen-bond donors (Lipinski definition) is 1. The summed E-state index contributed by atoms with van der Waals surface area (Å²) in [5, 5.41) is 15.4. The first-order chi connectivity index (χ1) is 8.48. The zero-order chi connectivity index (χ0) is 13.2. The first-order valence-electron chi connectivity index (χ1n) is 6.62. The lowest BCUT2D eigenvalue weighted by Gasteiger charge is -2.35. The van der Waals surface area contributed by atoms with E-state index >= 15 is 0 Å². The number of hydrogen-bond acceptors (Lipinski definition) is 5. The molecular weight excluding hydrogens is 230 g/mol. The minimum Gasteiger partial charge on any atom is -0.375 e. The van der Waals surface area contributed by atoms with Crippen LogP contribution in [0.3, 0.4) is 0 Å². The average Bonchev–Trinajstić information content (AvgIpc) is 2.73. The third-order valence-electron chi connectivity index (χ3n) is 3.25. The molecule has 1 N–H and O–H groups in total. The van der Waals surface area contributed by atoms with Gasteiger partial charge in [-0.25, -0.2) is 4.68 Å². The Morgan fingerprint density at radius 3 is 2.94 bits per heavy atom. The minimum atomic E-state index is -0.0857. The fourth-order valence-corrected chi connectivity index (χ4v) is 2.32. The molecule has 0 radical (unpaired) electrons. The van der Waals surface area contributed by atoms with E-state index in [0.717, 1.165) is 25.3 Å². The quantitative estimate of drug-likeness (QED) is 0.876. The lowest BCUT2D eigenvalue weighted by Crippen LogP contribution is -2.36. The van der Waals surface area contributed by atoms with Crippen molar-refractivity contribution >= 4 is 0 Å². The van der Waals surface area contributed by atoms with Crippen LogP contribution < -0.4 is 5.32 Å². The van der Waals surface area contributed by atoms with Crippen LogP contribution in [0.2, 0.25) is 0 Å². The summed E-state index contributed by atoms with van der Waals surface area (Å²) >= 11 is 0. The maximum absolute atomic E-state index is 5.73. The SMILES string of the molecule is CC(C)NCc1nnnn1C1CCOC(C)(C)C1. The van der Waals surface area contributed by atoms with E-state index in [2.05, 4.69) is 48.5 Å². The Hall–Kier alpha value is -1.01. The summed E-state index contributed by atoms with van der Waals surface area (Å²) in [6.45, 7) is 9.96. The second-order valence-corrected chi connectivity index (χ2v) is 5.83. The van der Waals surface area contributed by atoms with Gasteiger partial charge in [0.05, 0.1) is 18.2 Å². The molecule has 2 heterocycles. The summed E-state index contributed by atoms with van der Waals surface area (Å²) in [7, 11) is 0. The van der Waals surface area contributed by atoms with E-state index in [-0.39, 0.29) is 5.60 Å². The van der Waals surface area contributed by atoms with E-state index in [4.69, 9.17) is 4.74 Å². The monoisotopic (exact) mass is 253 g/mol. The highest BCUT2D eigenvalue weighted by Gasteiger charge is 2.31. The van der Waals surface area contributed by atoms with Crippen molar-refractivity contribution in [2.24, 2.45) is 0 Å². The normalized spacial score (nSPS) is 23.5. The molecule has 0 aromatic carbocycles. The van der Waals surface area contributed by atoms with Crippen molar-refractivity contribution in [2.45, 2.75) is 64.8 Å². The predicted molar refractivity (Wildman–Crippen MR) is 68.1 cm³/mol. The Balaban J connectivity index is 2.06. The molecule has 18 heavy (non-hydrogen) atoms. The number of ether oxygens (including phenoxy) is 1.